The predicted octanol–water partition coefficient (Wildman–Crippen LogP) is -0.100. The minimum absolute atomic E-state index is 0.0857. The van der Waals surface area contributed by atoms with Crippen molar-refractivity contribution in [1.82, 2.24) is 17.7 Å². The van der Waals surface area contributed by atoms with Gasteiger partial charge < -0.3 is 5.73 Å². The van der Waals surface area contributed by atoms with Gasteiger partial charge in [0.05, 0.1) is 22.9 Å². The molecule has 62 valence electrons. The number of nitrogens with one attached hydrogen (secondary N) is 1. The van der Waals surface area contributed by atoms with E-state index in [0.717, 1.165) is 0 Å². The minimum Gasteiger partial charge on any atom is -0.369 e. The van der Waals surface area contributed by atoms with Crippen LogP contribution in [0.1, 0.15) is 0 Å². The largest absolute Gasteiger partial charge is 0.369 e. The van der Waals surface area contributed by atoms with E-state index in [1.54, 1.807) is 2.78 Å². The molecule has 0 radical (unpaired) electrons. The Morgan fingerprint density at radius 1 is 1.67 bits per heavy atom. The van der Waals surface area contributed by atoms with E-state index in [0.29, 0.717) is 11.2 Å². The van der Waals surface area contributed by atoms with Gasteiger partial charge in [0, 0.05) is 0 Å². The van der Waals surface area contributed by atoms with Crippen LogP contribution in [-0.4, -0.2) is 17.7 Å². The third kappa shape index (κ3) is 0.967. The molecule has 2 heterocycles. The molecule has 0 saturated heterocycles. The number of nitrogen functional groups attached to an aromatic ring is 1. The van der Waals surface area contributed by atoms with E-state index in [9.17, 15) is 4.79 Å². The lowest BCUT2D eigenvalue weighted by Gasteiger charge is -1.91. The fourth-order valence-electron chi connectivity index (χ4n) is 0.918. The van der Waals surface area contributed by atoms with Crippen molar-refractivity contribution >= 4 is 40.0 Å². The summed E-state index contributed by atoms with van der Waals surface area (Å²) in [6.45, 7) is 0. The maximum atomic E-state index is 11.2. The fraction of sp³-hybridized carbons (Fsp3) is 0. The molecule has 0 bridgehead atoms. The maximum Gasteiger partial charge on any atom is 0.279 e. The lowest BCUT2D eigenvalue weighted by Crippen LogP contribution is -2.12. The molecule has 3 N–H and O–H groups in total. The number of anilines is 1. The van der Waals surface area contributed by atoms with E-state index in [4.69, 9.17) is 5.73 Å². The van der Waals surface area contributed by atoms with Gasteiger partial charge in [-0.25, -0.2) is 4.98 Å². The van der Waals surface area contributed by atoms with Crippen LogP contribution in [0.25, 0.3) is 11.2 Å². The normalized spacial score (nSPS) is 10.8. The Morgan fingerprint density at radius 2 is 2.42 bits per heavy atom. The zero-order valence-electron chi connectivity index (χ0n) is 5.78. The molecule has 0 amide bonds. The van der Waals surface area contributed by atoms with Crippen molar-refractivity contribution in [3.63, 3.8) is 0 Å². The molecule has 6 nitrogen and oxygen atoms in total. The minimum atomic E-state index is -0.274. The first-order valence-corrected chi connectivity index (χ1v) is 4.04. The van der Waals surface area contributed by atoms with E-state index in [1.807, 2.05) is 22.9 Å². The Hall–Kier alpha value is -1.12. The topological polar surface area (TPSA) is 89.6 Å². The molecule has 2 aromatic rings. The summed E-state index contributed by atoms with van der Waals surface area (Å²) < 4.78 is 1.57. The van der Waals surface area contributed by atoms with Crippen LogP contribution < -0.4 is 11.3 Å². The molecule has 0 unspecified atom stereocenters. The van der Waals surface area contributed by atoms with Crippen LogP contribution >= 0.6 is 22.9 Å². The molecule has 12 heavy (non-hydrogen) atoms. The summed E-state index contributed by atoms with van der Waals surface area (Å²) in [5.41, 5.74) is 5.83. The number of hydrogen-bond acceptors (Lipinski definition) is 4. The maximum absolute atomic E-state index is 11.2. The molecule has 0 aliphatic carbocycles. The fourth-order valence-corrected chi connectivity index (χ4v) is 1.48. The number of hydrogen-bond donors (Lipinski definition) is 2. The molecule has 0 aliphatic rings. The number of halogens is 1. The highest BCUT2D eigenvalue weighted by Gasteiger charge is 2.06. The van der Waals surface area contributed by atoms with E-state index >= 15 is 0 Å². The molecule has 0 saturated carbocycles. The van der Waals surface area contributed by atoms with Crippen LogP contribution in [0, 0.1) is 0 Å². The van der Waals surface area contributed by atoms with Gasteiger partial charge in [-0.1, -0.05) is 0 Å². The van der Waals surface area contributed by atoms with Crippen molar-refractivity contribution in [3.8, 4) is 0 Å². The average Bonchev–Trinajstić information content (AvgIpc) is 2.31. The standard InChI is InChI=1S/C5H4IN5O/c6-11-1-8-3-2(11)4(12)10-5(7)9-3/h1H,(H3,7,9,10,12). The third-order valence-corrected chi connectivity index (χ3v) is 2.12. The van der Waals surface area contributed by atoms with Gasteiger partial charge in [0.25, 0.3) is 5.56 Å². The highest BCUT2D eigenvalue weighted by molar-refractivity contribution is 14.1. The highest BCUT2D eigenvalue weighted by Crippen LogP contribution is 2.07. The van der Waals surface area contributed by atoms with Gasteiger partial charge in [-0.3, -0.25) is 12.6 Å². The Labute approximate surface area is 80.3 Å². The van der Waals surface area contributed by atoms with Crippen molar-refractivity contribution < 1.29 is 0 Å². The van der Waals surface area contributed by atoms with Crippen LogP contribution in [0.4, 0.5) is 5.95 Å². The molecular formula is C5H4IN5O. The molecule has 0 aromatic carbocycles. The summed E-state index contributed by atoms with van der Waals surface area (Å²) in [5.74, 6) is 0.0857. The van der Waals surface area contributed by atoms with E-state index in [1.165, 1.54) is 6.33 Å². The summed E-state index contributed by atoms with van der Waals surface area (Å²) in [7, 11) is 0. The van der Waals surface area contributed by atoms with Crippen molar-refractivity contribution in [2.75, 3.05) is 5.73 Å². The molecule has 2 aromatic heterocycles. The van der Waals surface area contributed by atoms with Gasteiger partial charge >= 0.3 is 0 Å². The summed E-state index contributed by atoms with van der Waals surface area (Å²) in [6.07, 6.45) is 1.51. The quantitative estimate of drug-likeness (QED) is 0.658. The second-order valence-electron chi connectivity index (χ2n) is 2.18. The van der Waals surface area contributed by atoms with Gasteiger partial charge in [-0.15, -0.1) is 0 Å². The van der Waals surface area contributed by atoms with Gasteiger partial charge in [-0.2, -0.15) is 4.98 Å². The summed E-state index contributed by atoms with van der Waals surface area (Å²) >= 11 is 1.94. The number of H-pyrrole nitrogens is 1. The van der Waals surface area contributed by atoms with Crippen LogP contribution in [-0.2, 0) is 0 Å². The Balaban J connectivity index is 3.03. The zero-order valence-corrected chi connectivity index (χ0v) is 7.94. The van der Waals surface area contributed by atoms with Gasteiger partial charge in [-0.05, 0) is 0 Å². The van der Waals surface area contributed by atoms with Crippen LogP contribution in [0.5, 0.6) is 0 Å². The second-order valence-corrected chi connectivity index (χ2v) is 3.22. The molecular weight excluding hydrogens is 273 g/mol. The van der Waals surface area contributed by atoms with Crippen molar-refractivity contribution in [2.24, 2.45) is 0 Å². The number of rotatable bonds is 0. The second kappa shape index (κ2) is 2.44. The first kappa shape index (κ1) is 7.53. The van der Waals surface area contributed by atoms with Crippen molar-refractivity contribution in [1.29, 1.82) is 0 Å². The van der Waals surface area contributed by atoms with Crippen LogP contribution in [0.3, 0.4) is 0 Å². The van der Waals surface area contributed by atoms with E-state index < -0.39 is 0 Å². The lowest BCUT2D eigenvalue weighted by molar-refractivity contribution is 1.17. The molecule has 2 rings (SSSR count). The number of fused-ring (bicyclic) bond motifs is 1. The van der Waals surface area contributed by atoms with Gasteiger partial charge in [0.1, 0.15) is 6.33 Å². The number of imidazole rings is 1. The number of nitrogens with two attached hydrogens (primary N) is 1. The Morgan fingerprint density at radius 3 is 3.17 bits per heavy atom. The smallest absolute Gasteiger partial charge is 0.279 e. The zero-order chi connectivity index (χ0) is 8.72. The monoisotopic (exact) mass is 277 g/mol. The summed E-state index contributed by atoms with van der Waals surface area (Å²) in [6, 6.07) is 0. The number of nitrogens with zero attached hydrogens (tertiary/aromatic N) is 3. The summed E-state index contributed by atoms with van der Waals surface area (Å²) in [4.78, 5) is 21.4. The predicted molar refractivity (Wildman–Crippen MR) is 52.0 cm³/mol. The van der Waals surface area contributed by atoms with Gasteiger partial charge in [0.2, 0.25) is 5.95 Å². The van der Waals surface area contributed by atoms with Crippen molar-refractivity contribution in [2.45, 2.75) is 0 Å². The third-order valence-electron chi connectivity index (χ3n) is 1.39. The molecule has 7 heteroatoms. The van der Waals surface area contributed by atoms with E-state index in [-0.39, 0.29) is 11.5 Å². The Bertz CT molecular complexity index is 486. The molecule has 0 fully saturated rings. The lowest BCUT2D eigenvalue weighted by atomic mass is 10.5. The van der Waals surface area contributed by atoms with Crippen LogP contribution in [0.2, 0.25) is 0 Å². The van der Waals surface area contributed by atoms with E-state index in [2.05, 4.69) is 15.0 Å². The van der Waals surface area contributed by atoms with Gasteiger partial charge in [0.15, 0.2) is 11.2 Å². The molecule has 0 aliphatic heterocycles. The number of aromatic amines is 1. The highest BCUT2D eigenvalue weighted by atomic mass is 127. The Kier molecular flexibility index (Phi) is 1.53. The molecule has 0 spiro atoms. The average molecular weight is 277 g/mol. The SMILES string of the molecule is Nc1nc2ncn(I)c2c(=O)[nH]1. The number of aromatic nitrogens is 4. The first-order valence-electron chi connectivity index (χ1n) is 3.07. The summed E-state index contributed by atoms with van der Waals surface area (Å²) in [5, 5.41) is 0. The van der Waals surface area contributed by atoms with Crippen LogP contribution in [0.15, 0.2) is 11.1 Å². The molecule has 0 atom stereocenters. The first-order chi connectivity index (χ1) is 5.68. The van der Waals surface area contributed by atoms with Crippen molar-refractivity contribution in [3.05, 3.63) is 16.7 Å².